The van der Waals surface area contributed by atoms with Gasteiger partial charge >= 0.3 is 0 Å². The summed E-state index contributed by atoms with van der Waals surface area (Å²) >= 11 is 6.15. The second-order valence-corrected chi connectivity index (χ2v) is 8.29. The molecule has 0 radical (unpaired) electrons. The van der Waals surface area contributed by atoms with Gasteiger partial charge in [-0.2, -0.15) is 0 Å². The number of piperidine rings is 1. The van der Waals surface area contributed by atoms with Crippen LogP contribution in [-0.4, -0.2) is 47.9 Å². The number of carbonyl (C=O) groups excluding carboxylic acids is 2. The number of nitrogens with one attached hydrogen (secondary N) is 3. The molecule has 0 saturated carbocycles. The average Bonchev–Trinajstić information content (AvgIpc) is 3.30. The molecular weight excluding hydrogens is 418 g/mol. The number of hydrazine groups is 1. The summed E-state index contributed by atoms with van der Waals surface area (Å²) in [7, 11) is 1.54. The summed E-state index contributed by atoms with van der Waals surface area (Å²) in [6, 6.07) is 8.71. The molecule has 2 fully saturated rings. The topological polar surface area (TPSA) is 95.6 Å². The maximum atomic E-state index is 13.1. The zero-order chi connectivity index (χ0) is 21.8. The Balaban J connectivity index is 1.34. The number of hydrogen-bond donors (Lipinski definition) is 3. The number of halogens is 1. The van der Waals surface area contributed by atoms with Crippen LogP contribution in [0.5, 0.6) is 5.75 Å². The van der Waals surface area contributed by atoms with E-state index in [0.29, 0.717) is 36.0 Å². The molecule has 31 heavy (non-hydrogen) atoms. The smallest absolute Gasteiger partial charge is 0.241 e. The minimum absolute atomic E-state index is 0.0175. The molecular formula is C22H26ClN5O3. The molecule has 4 rings (SSSR count). The molecule has 0 spiro atoms. The second-order valence-electron chi connectivity index (χ2n) is 7.88. The maximum Gasteiger partial charge on any atom is 0.241 e. The number of hydrogen-bond acceptors (Lipinski definition) is 6. The van der Waals surface area contributed by atoms with E-state index in [1.54, 1.807) is 42.6 Å². The first-order valence-corrected chi connectivity index (χ1v) is 10.8. The van der Waals surface area contributed by atoms with Crippen LogP contribution in [0.3, 0.4) is 0 Å². The van der Waals surface area contributed by atoms with Crippen molar-refractivity contribution in [1.82, 2.24) is 20.7 Å². The van der Waals surface area contributed by atoms with Gasteiger partial charge in [0.1, 0.15) is 11.8 Å². The lowest BCUT2D eigenvalue weighted by molar-refractivity contribution is -0.136. The van der Waals surface area contributed by atoms with Crippen LogP contribution in [0.4, 0.5) is 5.69 Å². The Bertz CT molecular complexity index is 942. The predicted octanol–water partition coefficient (Wildman–Crippen LogP) is 2.53. The lowest BCUT2D eigenvalue weighted by Crippen LogP contribution is -2.50. The van der Waals surface area contributed by atoms with Crippen LogP contribution in [0.15, 0.2) is 42.7 Å². The zero-order valence-electron chi connectivity index (χ0n) is 17.3. The SMILES string of the molecule is COc1ccc(NC(=O)C2CCCN(C(=O)C3CC(c4cccnc4)NN3)C2)cc1Cl. The molecule has 1 aromatic heterocycles. The van der Waals surface area contributed by atoms with Crippen LogP contribution in [0.1, 0.15) is 30.9 Å². The fourth-order valence-electron chi connectivity index (χ4n) is 4.12. The van der Waals surface area contributed by atoms with Crippen molar-refractivity contribution in [3.63, 3.8) is 0 Å². The Labute approximate surface area is 186 Å². The van der Waals surface area contributed by atoms with Gasteiger partial charge in [-0.05, 0) is 49.1 Å². The lowest BCUT2D eigenvalue weighted by Gasteiger charge is -2.33. The highest BCUT2D eigenvalue weighted by Crippen LogP contribution is 2.28. The molecule has 2 amide bonds. The van der Waals surface area contributed by atoms with E-state index in [1.165, 1.54) is 0 Å². The van der Waals surface area contributed by atoms with E-state index in [-0.39, 0.29) is 29.8 Å². The molecule has 3 unspecified atom stereocenters. The number of nitrogens with zero attached hydrogens (tertiary/aromatic N) is 2. The van der Waals surface area contributed by atoms with E-state index in [4.69, 9.17) is 16.3 Å². The summed E-state index contributed by atoms with van der Waals surface area (Å²) in [5.41, 5.74) is 7.94. The molecule has 3 N–H and O–H groups in total. The summed E-state index contributed by atoms with van der Waals surface area (Å²) in [4.78, 5) is 31.8. The summed E-state index contributed by atoms with van der Waals surface area (Å²) in [5, 5.41) is 3.34. The van der Waals surface area contributed by atoms with Gasteiger partial charge in [-0.1, -0.05) is 17.7 Å². The Morgan fingerprint density at radius 3 is 2.90 bits per heavy atom. The van der Waals surface area contributed by atoms with Gasteiger partial charge in [0, 0.05) is 37.2 Å². The Morgan fingerprint density at radius 2 is 2.16 bits per heavy atom. The fraction of sp³-hybridized carbons (Fsp3) is 0.409. The first kappa shape index (κ1) is 21.5. The number of pyridine rings is 1. The van der Waals surface area contributed by atoms with Crippen molar-refractivity contribution in [2.24, 2.45) is 5.92 Å². The van der Waals surface area contributed by atoms with Crippen molar-refractivity contribution < 1.29 is 14.3 Å². The van der Waals surface area contributed by atoms with Gasteiger partial charge < -0.3 is 15.0 Å². The third kappa shape index (κ3) is 4.98. The Kier molecular flexibility index (Phi) is 6.70. The van der Waals surface area contributed by atoms with Gasteiger partial charge in [0.05, 0.1) is 18.1 Å². The van der Waals surface area contributed by atoms with Crippen LogP contribution < -0.4 is 20.9 Å². The summed E-state index contributed by atoms with van der Waals surface area (Å²) in [5.74, 6) is 0.201. The molecule has 2 saturated heterocycles. The van der Waals surface area contributed by atoms with Crippen LogP contribution >= 0.6 is 11.6 Å². The van der Waals surface area contributed by atoms with Gasteiger partial charge in [-0.3, -0.25) is 14.6 Å². The van der Waals surface area contributed by atoms with Gasteiger partial charge in [0.15, 0.2) is 0 Å². The minimum atomic E-state index is -0.326. The highest BCUT2D eigenvalue weighted by Gasteiger charge is 2.36. The van der Waals surface area contributed by atoms with Gasteiger partial charge in [-0.25, -0.2) is 10.9 Å². The van der Waals surface area contributed by atoms with Crippen molar-refractivity contribution in [2.45, 2.75) is 31.3 Å². The van der Waals surface area contributed by atoms with Crippen LogP contribution in [0.25, 0.3) is 0 Å². The monoisotopic (exact) mass is 443 g/mol. The molecule has 3 atom stereocenters. The molecule has 2 aliphatic rings. The zero-order valence-corrected chi connectivity index (χ0v) is 18.1. The third-order valence-electron chi connectivity index (χ3n) is 5.81. The number of benzene rings is 1. The maximum absolute atomic E-state index is 13.1. The molecule has 1 aromatic carbocycles. The number of amides is 2. The van der Waals surface area contributed by atoms with Crippen molar-refractivity contribution in [2.75, 3.05) is 25.5 Å². The number of likely N-dealkylation sites (tertiary alicyclic amines) is 1. The van der Waals surface area contributed by atoms with Crippen LogP contribution in [-0.2, 0) is 9.59 Å². The average molecular weight is 444 g/mol. The first-order chi connectivity index (χ1) is 15.0. The van der Waals surface area contributed by atoms with Gasteiger partial charge in [0.2, 0.25) is 11.8 Å². The normalized spacial score (nSPS) is 23.4. The summed E-state index contributed by atoms with van der Waals surface area (Å²) in [6.07, 6.45) is 5.71. The number of methoxy groups -OCH3 is 1. The molecule has 0 bridgehead atoms. The molecule has 2 aromatic rings. The second kappa shape index (κ2) is 9.64. The van der Waals surface area contributed by atoms with E-state index in [1.807, 2.05) is 12.1 Å². The van der Waals surface area contributed by atoms with E-state index in [2.05, 4.69) is 21.2 Å². The van der Waals surface area contributed by atoms with Gasteiger partial charge in [-0.15, -0.1) is 0 Å². The summed E-state index contributed by atoms with van der Waals surface area (Å²) in [6.45, 7) is 1.07. The van der Waals surface area contributed by atoms with Crippen LogP contribution in [0, 0.1) is 5.92 Å². The standard InChI is InChI=1S/C22H26ClN5O3/c1-31-20-7-6-16(10-17(20)23)25-21(29)15-5-3-9-28(13-15)22(30)19-11-18(26-27-19)14-4-2-8-24-12-14/h2,4,6-8,10,12,15,18-19,26-27H,3,5,9,11,13H2,1H3,(H,25,29). The van der Waals surface area contributed by atoms with E-state index in [9.17, 15) is 9.59 Å². The van der Waals surface area contributed by atoms with Crippen molar-refractivity contribution >= 4 is 29.1 Å². The highest BCUT2D eigenvalue weighted by molar-refractivity contribution is 6.32. The van der Waals surface area contributed by atoms with Crippen molar-refractivity contribution in [3.8, 4) is 5.75 Å². The third-order valence-corrected chi connectivity index (χ3v) is 6.11. The van der Waals surface area contributed by atoms with Crippen molar-refractivity contribution in [1.29, 1.82) is 0 Å². The first-order valence-electron chi connectivity index (χ1n) is 10.4. The van der Waals surface area contributed by atoms with E-state index in [0.717, 1.165) is 18.4 Å². The van der Waals surface area contributed by atoms with Gasteiger partial charge in [0.25, 0.3) is 0 Å². The quantitative estimate of drug-likeness (QED) is 0.657. The Hall–Kier alpha value is -2.68. The minimum Gasteiger partial charge on any atom is -0.495 e. The van der Waals surface area contributed by atoms with Crippen molar-refractivity contribution in [3.05, 3.63) is 53.3 Å². The van der Waals surface area contributed by atoms with E-state index >= 15 is 0 Å². The predicted molar refractivity (Wildman–Crippen MR) is 118 cm³/mol. The lowest BCUT2D eigenvalue weighted by atomic mass is 9.95. The highest BCUT2D eigenvalue weighted by atomic mass is 35.5. The molecule has 2 aliphatic heterocycles. The number of rotatable bonds is 5. The number of ether oxygens (including phenoxy) is 1. The van der Waals surface area contributed by atoms with Crippen LogP contribution in [0.2, 0.25) is 5.02 Å². The molecule has 9 heteroatoms. The molecule has 0 aliphatic carbocycles. The molecule has 3 heterocycles. The molecule has 8 nitrogen and oxygen atoms in total. The number of anilines is 1. The van der Waals surface area contributed by atoms with E-state index < -0.39 is 0 Å². The Morgan fingerprint density at radius 1 is 1.29 bits per heavy atom. The molecule has 164 valence electrons. The number of carbonyl (C=O) groups is 2. The fourth-order valence-corrected chi connectivity index (χ4v) is 4.38. The number of aromatic nitrogens is 1. The largest absolute Gasteiger partial charge is 0.495 e. The summed E-state index contributed by atoms with van der Waals surface area (Å²) < 4.78 is 5.14.